The molecule has 1 saturated heterocycles. The van der Waals surface area contributed by atoms with E-state index in [1.54, 1.807) is 12.1 Å². The van der Waals surface area contributed by atoms with Crippen molar-refractivity contribution in [2.75, 3.05) is 26.2 Å². The highest BCUT2D eigenvalue weighted by atomic mass is 16.5. The van der Waals surface area contributed by atoms with Gasteiger partial charge in [-0.3, -0.25) is 9.59 Å². The molecule has 25 heavy (non-hydrogen) atoms. The Hall–Kier alpha value is -2.04. The lowest BCUT2D eigenvalue weighted by Crippen LogP contribution is -2.35. The van der Waals surface area contributed by atoms with Crippen LogP contribution in [0.3, 0.4) is 0 Å². The highest BCUT2D eigenvalue weighted by Gasteiger charge is 2.17. The molecule has 0 aromatic heterocycles. The zero-order valence-corrected chi connectivity index (χ0v) is 15.3. The van der Waals surface area contributed by atoms with E-state index in [-0.39, 0.29) is 18.4 Å². The number of likely N-dealkylation sites (tertiary alicyclic amines) is 1. The van der Waals surface area contributed by atoms with Crippen molar-refractivity contribution in [2.45, 2.75) is 51.9 Å². The third kappa shape index (κ3) is 6.40. The lowest BCUT2D eigenvalue weighted by atomic mass is 10.2. The number of para-hydroxylation sites is 1. The molecule has 1 heterocycles. The Balaban J connectivity index is 1.88. The van der Waals surface area contributed by atoms with Gasteiger partial charge in [-0.05, 0) is 31.4 Å². The topological polar surface area (TPSA) is 58.6 Å². The SMILES string of the molecule is CCCCCNC(=O)c1ccccc1OCC(=O)N1CCCCCC1. The molecule has 0 saturated carbocycles. The third-order valence-corrected chi connectivity index (χ3v) is 4.51. The fourth-order valence-corrected chi connectivity index (χ4v) is 3.00. The average Bonchev–Trinajstić information content (AvgIpc) is 2.93. The van der Waals surface area contributed by atoms with E-state index in [0.29, 0.717) is 17.9 Å². The molecule has 2 rings (SSSR count). The summed E-state index contributed by atoms with van der Waals surface area (Å²) >= 11 is 0. The predicted molar refractivity (Wildman–Crippen MR) is 98.8 cm³/mol. The molecule has 138 valence electrons. The van der Waals surface area contributed by atoms with E-state index in [1.807, 2.05) is 17.0 Å². The summed E-state index contributed by atoms with van der Waals surface area (Å²) in [6, 6.07) is 7.11. The summed E-state index contributed by atoms with van der Waals surface area (Å²) in [5.41, 5.74) is 0.489. The first kappa shape index (κ1) is 19.3. The summed E-state index contributed by atoms with van der Waals surface area (Å²) in [5, 5.41) is 2.92. The molecule has 1 aromatic rings. The maximum Gasteiger partial charge on any atom is 0.260 e. The monoisotopic (exact) mass is 346 g/mol. The van der Waals surface area contributed by atoms with Crippen molar-refractivity contribution in [3.05, 3.63) is 29.8 Å². The van der Waals surface area contributed by atoms with E-state index in [9.17, 15) is 9.59 Å². The number of rotatable bonds is 8. The summed E-state index contributed by atoms with van der Waals surface area (Å²) in [6.45, 7) is 4.39. The number of hydrogen-bond donors (Lipinski definition) is 1. The standard InChI is InChI=1S/C20H30N2O3/c1-2-3-8-13-21-20(24)17-11-6-7-12-18(17)25-16-19(23)22-14-9-4-5-10-15-22/h6-7,11-12H,2-5,8-10,13-16H2,1H3,(H,21,24). The molecule has 2 amide bonds. The zero-order chi connectivity index (χ0) is 17.9. The third-order valence-electron chi connectivity index (χ3n) is 4.51. The average molecular weight is 346 g/mol. The van der Waals surface area contributed by atoms with Crippen molar-refractivity contribution in [2.24, 2.45) is 0 Å². The molecule has 0 atom stereocenters. The van der Waals surface area contributed by atoms with Gasteiger partial charge in [-0.1, -0.05) is 44.7 Å². The number of ether oxygens (including phenoxy) is 1. The molecule has 1 fully saturated rings. The van der Waals surface area contributed by atoms with Gasteiger partial charge in [0.2, 0.25) is 0 Å². The highest BCUT2D eigenvalue weighted by molar-refractivity contribution is 5.97. The van der Waals surface area contributed by atoms with Gasteiger partial charge in [-0.25, -0.2) is 0 Å². The minimum absolute atomic E-state index is 0.0000528. The number of benzene rings is 1. The van der Waals surface area contributed by atoms with Crippen molar-refractivity contribution in [1.29, 1.82) is 0 Å². The van der Waals surface area contributed by atoms with Crippen LogP contribution in [0.4, 0.5) is 0 Å². The minimum Gasteiger partial charge on any atom is -0.483 e. The van der Waals surface area contributed by atoms with Gasteiger partial charge in [0, 0.05) is 19.6 Å². The van der Waals surface area contributed by atoms with Crippen LogP contribution in [0.1, 0.15) is 62.2 Å². The van der Waals surface area contributed by atoms with Crippen LogP contribution in [0.15, 0.2) is 24.3 Å². The molecule has 5 heteroatoms. The van der Waals surface area contributed by atoms with E-state index in [0.717, 1.165) is 45.2 Å². The van der Waals surface area contributed by atoms with Gasteiger partial charge in [-0.2, -0.15) is 0 Å². The van der Waals surface area contributed by atoms with Gasteiger partial charge < -0.3 is 15.0 Å². The molecule has 0 bridgehead atoms. The Labute approximate surface area is 150 Å². The number of carbonyl (C=O) groups excluding carboxylic acids is 2. The first-order valence-corrected chi connectivity index (χ1v) is 9.50. The molecule has 0 unspecified atom stereocenters. The highest BCUT2D eigenvalue weighted by Crippen LogP contribution is 2.18. The summed E-state index contributed by atoms with van der Waals surface area (Å²) in [6.07, 6.45) is 7.68. The van der Waals surface area contributed by atoms with Gasteiger partial charge in [0.25, 0.3) is 11.8 Å². The molecular weight excluding hydrogens is 316 g/mol. The quantitative estimate of drug-likeness (QED) is 0.734. The van der Waals surface area contributed by atoms with Crippen LogP contribution in [0.2, 0.25) is 0 Å². The Morgan fingerprint density at radius 2 is 1.80 bits per heavy atom. The second kappa shape index (κ2) is 10.7. The largest absolute Gasteiger partial charge is 0.483 e. The number of unbranched alkanes of at least 4 members (excludes halogenated alkanes) is 2. The Kier molecular flexibility index (Phi) is 8.29. The maximum absolute atomic E-state index is 12.3. The number of hydrogen-bond acceptors (Lipinski definition) is 3. The second-order valence-corrected chi connectivity index (χ2v) is 6.54. The van der Waals surface area contributed by atoms with Crippen LogP contribution >= 0.6 is 0 Å². The number of carbonyl (C=O) groups is 2. The summed E-state index contributed by atoms with van der Waals surface area (Å²) in [4.78, 5) is 26.6. The molecule has 1 N–H and O–H groups in total. The molecule has 5 nitrogen and oxygen atoms in total. The summed E-state index contributed by atoms with van der Waals surface area (Å²) in [7, 11) is 0. The van der Waals surface area contributed by atoms with Crippen molar-refractivity contribution >= 4 is 11.8 Å². The minimum atomic E-state index is -0.145. The van der Waals surface area contributed by atoms with Gasteiger partial charge in [0.15, 0.2) is 6.61 Å². The Morgan fingerprint density at radius 1 is 1.08 bits per heavy atom. The molecule has 1 aromatic carbocycles. The van der Waals surface area contributed by atoms with Gasteiger partial charge in [-0.15, -0.1) is 0 Å². The number of nitrogens with zero attached hydrogens (tertiary/aromatic N) is 1. The predicted octanol–water partition coefficient (Wildman–Crippen LogP) is 3.39. The van der Waals surface area contributed by atoms with Crippen LogP contribution in [-0.2, 0) is 4.79 Å². The lowest BCUT2D eigenvalue weighted by Gasteiger charge is -2.20. The molecule has 0 radical (unpaired) electrons. The fourth-order valence-electron chi connectivity index (χ4n) is 3.00. The molecule has 0 aliphatic carbocycles. The van der Waals surface area contributed by atoms with Crippen LogP contribution in [-0.4, -0.2) is 43.0 Å². The Bertz CT molecular complexity index is 552. The first-order valence-electron chi connectivity index (χ1n) is 9.50. The van der Waals surface area contributed by atoms with E-state index >= 15 is 0 Å². The molecular formula is C20H30N2O3. The van der Waals surface area contributed by atoms with E-state index in [1.165, 1.54) is 12.8 Å². The van der Waals surface area contributed by atoms with Crippen molar-refractivity contribution in [3.8, 4) is 5.75 Å². The smallest absolute Gasteiger partial charge is 0.260 e. The van der Waals surface area contributed by atoms with Gasteiger partial charge >= 0.3 is 0 Å². The second-order valence-electron chi connectivity index (χ2n) is 6.54. The zero-order valence-electron chi connectivity index (χ0n) is 15.3. The van der Waals surface area contributed by atoms with E-state index in [2.05, 4.69) is 12.2 Å². The lowest BCUT2D eigenvalue weighted by molar-refractivity contribution is -0.133. The van der Waals surface area contributed by atoms with Crippen LogP contribution < -0.4 is 10.1 Å². The molecule has 0 spiro atoms. The number of amides is 2. The molecule has 1 aliphatic rings. The van der Waals surface area contributed by atoms with Crippen molar-refractivity contribution in [3.63, 3.8) is 0 Å². The van der Waals surface area contributed by atoms with E-state index in [4.69, 9.17) is 4.74 Å². The van der Waals surface area contributed by atoms with Crippen LogP contribution in [0.25, 0.3) is 0 Å². The van der Waals surface area contributed by atoms with Gasteiger partial charge in [0.05, 0.1) is 5.56 Å². The van der Waals surface area contributed by atoms with Crippen molar-refractivity contribution < 1.29 is 14.3 Å². The van der Waals surface area contributed by atoms with Crippen molar-refractivity contribution in [1.82, 2.24) is 10.2 Å². The van der Waals surface area contributed by atoms with Gasteiger partial charge in [0.1, 0.15) is 5.75 Å². The summed E-state index contributed by atoms with van der Waals surface area (Å²) < 4.78 is 5.69. The Morgan fingerprint density at radius 3 is 2.52 bits per heavy atom. The fraction of sp³-hybridized carbons (Fsp3) is 0.600. The number of nitrogens with one attached hydrogen (secondary N) is 1. The summed E-state index contributed by atoms with van der Waals surface area (Å²) in [5.74, 6) is 0.327. The normalized spacial score (nSPS) is 14.7. The molecule has 1 aliphatic heterocycles. The van der Waals surface area contributed by atoms with Crippen LogP contribution in [0.5, 0.6) is 5.75 Å². The van der Waals surface area contributed by atoms with E-state index < -0.39 is 0 Å². The maximum atomic E-state index is 12.3. The first-order chi connectivity index (χ1) is 12.2. The van der Waals surface area contributed by atoms with Crippen LogP contribution in [0, 0.1) is 0 Å².